The molecule has 1 aliphatic rings. The fourth-order valence-corrected chi connectivity index (χ4v) is 6.79. The zero-order valence-electron chi connectivity index (χ0n) is 18.2. The Kier molecular flexibility index (Phi) is 8.38. The van der Waals surface area contributed by atoms with E-state index >= 15 is 0 Å². The van der Waals surface area contributed by atoms with Crippen LogP contribution in [0.4, 0.5) is 0 Å². The zero-order valence-corrected chi connectivity index (χ0v) is 26.1. The van der Waals surface area contributed by atoms with Crippen molar-refractivity contribution in [2.75, 3.05) is 7.11 Å². The second-order valence-corrected chi connectivity index (χ2v) is 11.9. The van der Waals surface area contributed by atoms with Crippen LogP contribution in [0.25, 0.3) is 11.6 Å². The Bertz CT molecular complexity index is 1420. The Morgan fingerprint density at radius 3 is 2.06 bits per heavy atom. The van der Waals surface area contributed by atoms with E-state index in [4.69, 9.17) is 9.47 Å². The number of methoxy groups -OCH3 is 1. The quantitative estimate of drug-likeness (QED) is 0.226. The Morgan fingerprint density at radius 1 is 0.889 bits per heavy atom. The van der Waals surface area contributed by atoms with E-state index in [1.54, 1.807) is 42.5 Å². The van der Waals surface area contributed by atoms with Crippen molar-refractivity contribution in [1.82, 2.24) is 0 Å². The first kappa shape index (κ1) is 27.4. The van der Waals surface area contributed by atoms with Crippen LogP contribution in [0, 0.1) is 0 Å². The molecule has 6 nitrogen and oxygen atoms in total. The first-order chi connectivity index (χ1) is 17.0. The SMILES string of the molecule is COc1c(Br)cc(C(O)C2=C(c3cc(Br)c(O)c(Br)c3)/C(=C/c3ccc(O)c(Br)c3)OC2=O)cc1Br. The highest BCUT2D eigenvalue weighted by molar-refractivity contribution is 9.11. The lowest BCUT2D eigenvalue weighted by Crippen LogP contribution is -2.10. The molecule has 11 heteroatoms. The topological polar surface area (TPSA) is 96.2 Å². The van der Waals surface area contributed by atoms with E-state index in [1.165, 1.54) is 13.2 Å². The van der Waals surface area contributed by atoms with Crippen molar-refractivity contribution in [3.8, 4) is 17.2 Å². The fraction of sp³-hybridized carbons (Fsp3) is 0.0800. The summed E-state index contributed by atoms with van der Waals surface area (Å²) in [7, 11) is 1.52. The highest BCUT2D eigenvalue weighted by Crippen LogP contribution is 2.46. The van der Waals surface area contributed by atoms with Gasteiger partial charge in [-0.15, -0.1) is 0 Å². The van der Waals surface area contributed by atoms with Crippen LogP contribution < -0.4 is 4.74 Å². The first-order valence-electron chi connectivity index (χ1n) is 10.1. The lowest BCUT2D eigenvalue weighted by Gasteiger charge is -2.16. The van der Waals surface area contributed by atoms with Crippen LogP contribution in [0.15, 0.2) is 76.2 Å². The Morgan fingerprint density at radius 2 is 1.50 bits per heavy atom. The number of rotatable bonds is 5. The molecule has 3 N–H and O–H groups in total. The molecule has 186 valence electrons. The number of carbonyl (C=O) groups excluding carboxylic acids is 1. The average molecular weight is 811 g/mol. The second-order valence-electron chi connectivity index (χ2n) is 7.61. The van der Waals surface area contributed by atoms with Crippen molar-refractivity contribution in [3.63, 3.8) is 0 Å². The van der Waals surface area contributed by atoms with E-state index in [9.17, 15) is 20.1 Å². The molecular weight excluding hydrogens is 796 g/mol. The normalized spacial score (nSPS) is 15.4. The van der Waals surface area contributed by atoms with Crippen molar-refractivity contribution < 1.29 is 29.6 Å². The summed E-state index contributed by atoms with van der Waals surface area (Å²) in [5.74, 6) is 0.0731. The molecule has 0 saturated heterocycles. The monoisotopic (exact) mass is 806 g/mol. The summed E-state index contributed by atoms with van der Waals surface area (Å²) in [6.07, 6.45) is 0.279. The molecule has 0 saturated carbocycles. The third-order valence-corrected chi connectivity index (χ3v) is 8.35. The molecule has 1 heterocycles. The summed E-state index contributed by atoms with van der Waals surface area (Å²) in [4.78, 5) is 13.2. The molecule has 0 fully saturated rings. The van der Waals surface area contributed by atoms with Crippen LogP contribution in [0.3, 0.4) is 0 Å². The molecule has 3 aromatic carbocycles. The summed E-state index contributed by atoms with van der Waals surface area (Å²) >= 11 is 16.8. The maximum Gasteiger partial charge on any atom is 0.343 e. The Hall–Kier alpha value is -1.63. The molecule has 1 unspecified atom stereocenters. The van der Waals surface area contributed by atoms with Gasteiger partial charge in [0, 0.05) is 5.57 Å². The summed E-state index contributed by atoms with van der Waals surface area (Å²) in [5.41, 5.74) is 1.95. The predicted molar refractivity (Wildman–Crippen MR) is 154 cm³/mol. The average Bonchev–Trinajstić information content (AvgIpc) is 3.14. The van der Waals surface area contributed by atoms with Gasteiger partial charge >= 0.3 is 5.97 Å². The van der Waals surface area contributed by atoms with E-state index in [0.29, 0.717) is 50.4 Å². The smallest absolute Gasteiger partial charge is 0.343 e. The number of ether oxygens (including phenoxy) is 2. The summed E-state index contributed by atoms with van der Waals surface area (Å²) in [5, 5.41) is 31.5. The molecule has 0 aromatic heterocycles. The molecular formula is C25H15Br5O6. The number of halogens is 5. The molecule has 0 spiro atoms. The van der Waals surface area contributed by atoms with E-state index in [2.05, 4.69) is 79.6 Å². The fourth-order valence-electron chi connectivity index (χ4n) is 3.66. The van der Waals surface area contributed by atoms with Gasteiger partial charge in [-0.3, -0.25) is 0 Å². The molecule has 4 rings (SSSR count). The molecule has 36 heavy (non-hydrogen) atoms. The van der Waals surface area contributed by atoms with Gasteiger partial charge in [0.15, 0.2) is 0 Å². The predicted octanol–water partition coefficient (Wildman–Crippen LogP) is 8.00. The molecule has 0 radical (unpaired) electrons. The number of cyclic esters (lactones) is 1. The molecule has 0 aliphatic carbocycles. The summed E-state index contributed by atoms with van der Waals surface area (Å²) in [6.45, 7) is 0. The van der Waals surface area contributed by atoms with Gasteiger partial charge in [-0.25, -0.2) is 4.79 Å². The summed E-state index contributed by atoms with van der Waals surface area (Å²) < 4.78 is 13.4. The highest BCUT2D eigenvalue weighted by atomic mass is 79.9. The maximum atomic E-state index is 13.2. The van der Waals surface area contributed by atoms with Gasteiger partial charge in [0.2, 0.25) is 0 Å². The van der Waals surface area contributed by atoms with Crippen molar-refractivity contribution in [2.24, 2.45) is 0 Å². The lowest BCUT2D eigenvalue weighted by atomic mass is 9.92. The van der Waals surface area contributed by atoms with Crippen LogP contribution in [0.1, 0.15) is 22.8 Å². The van der Waals surface area contributed by atoms with E-state index < -0.39 is 12.1 Å². The number of aliphatic hydroxyl groups is 1. The van der Waals surface area contributed by atoms with Gasteiger partial charge in [-0.1, -0.05) is 6.07 Å². The zero-order chi connectivity index (χ0) is 26.3. The molecule has 1 aliphatic heterocycles. The van der Waals surface area contributed by atoms with Crippen LogP contribution >= 0.6 is 79.6 Å². The maximum absolute atomic E-state index is 13.2. The largest absolute Gasteiger partial charge is 0.507 e. The van der Waals surface area contributed by atoms with Crippen LogP contribution in [-0.4, -0.2) is 28.4 Å². The molecule has 0 amide bonds. The minimum Gasteiger partial charge on any atom is -0.507 e. The molecule has 3 aromatic rings. The van der Waals surface area contributed by atoms with Gasteiger partial charge in [0.1, 0.15) is 29.1 Å². The number of benzene rings is 3. The van der Waals surface area contributed by atoms with Gasteiger partial charge in [-0.05, 0) is 139 Å². The lowest BCUT2D eigenvalue weighted by molar-refractivity contribution is -0.134. The van der Waals surface area contributed by atoms with Gasteiger partial charge in [0.05, 0.1) is 35.0 Å². The minimum absolute atomic E-state index is 0.0114. The number of hydrogen-bond donors (Lipinski definition) is 3. The number of phenolic OH excluding ortho intramolecular Hbond substituents is 2. The van der Waals surface area contributed by atoms with E-state index in [1.807, 2.05) is 0 Å². The number of phenols is 2. The van der Waals surface area contributed by atoms with Crippen LogP contribution in [0.5, 0.6) is 17.2 Å². The summed E-state index contributed by atoms with van der Waals surface area (Å²) in [6, 6.07) is 11.4. The van der Waals surface area contributed by atoms with E-state index in [-0.39, 0.29) is 22.8 Å². The van der Waals surface area contributed by atoms with Gasteiger partial charge in [0.25, 0.3) is 0 Å². The van der Waals surface area contributed by atoms with Gasteiger partial charge < -0.3 is 24.8 Å². The van der Waals surface area contributed by atoms with Gasteiger partial charge in [-0.2, -0.15) is 0 Å². The number of esters is 1. The number of aromatic hydroxyl groups is 2. The third-order valence-electron chi connectivity index (χ3n) is 5.33. The molecule has 0 bridgehead atoms. The number of hydrogen-bond acceptors (Lipinski definition) is 6. The van der Waals surface area contributed by atoms with Crippen LogP contribution in [-0.2, 0) is 9.53 Å². The van der Waals surface area contributed by atoms with Crippen molar-refractivity contribution in [1.29, 1.82) is 0 Å². The first-order valence-corrected chi connectivity index (χ1v) is 14.0. The van der Waals surface area contributed by atoms with E-state index in [0.717, 1.165) is 0 Å². The Balaban J connectivity index is 1.96. The standard InChI is InChI=1S/C25H15Br5O6/c1-35-24-16(29)8-12(9-17(24)30)22(32)21-20(11-6-14(27)23(33)15(28)7-11)19(36-25(21)34)5-10-2-3-18(31)13(26)4-10/h2-9,22,31-33H,1H3/b19-5-. The molecule has 1 atom stereocenters. The number of aliphatic hydroxyl groups excluding tert-OH is 1. The van der Waals surface area contributed by atoms with Crippen molar-refractivity contribution in [2.45, 2.75) is 6.10 Å². The minimum atomic E-state index is -1.35. The Labute approximate surface area is 248 Å². The van der Waals surface area contributed by atoms with Crippen LogP contribution in [0.2, 0.25) is 0 Å². The highest BCUT2D eigenvalue weighted by Gasteiger charge is 2.37. The van der Waals surface area contributed by atoms with Crippen molar-refractivity contribution in [3.05, 3.63) is 92.9 Å². The second kappa shape index (κ2) is 11.0. The third kappa shape index (κ3) is 5.32. The number of carbonyl (C=O) groups is 1. The number of allylic oxidation sites excluding steroid dienone is 1. The van der Waals surface area contributed by atoms with Crippen molar-refractivity contribution >= 4 is 97.3 Å².